The minimum absolute atomic E-state index is 0.117. The lowest BCUT2D eigenvalue weighted by molar-refractivity contribution is 0.0690. The number of aromatic nitrogens is 1. The number of pyridine rings is 1. The zero-order chi connectivity index (χ0) is 13.8. The van der Waals surface area contributed by atoms with Crippen LogP contribution in [0, 0.1) is 0 Å². The third kappa shape index (κ3) is 3.38. The van der Waals surface area contributed by atoms with Crippen LogP contribution in [0.5, 0.6) is 0 Å². The Morgan fingerprint density at radius 1 is 1.16 bits per heavy atom. The smallest absolute Gasteiger partial charge is 0.354 e. The number of carbonyl (C=O) groups excluding carboxylic acids is 1. The van der Waals surface area contributed by atoms with Crippen molar-refractivity contribution in [3.05, 3.63) is 58.3 Å². The highest BCUT2D eigenvalue weighted by Gasteiger charge is 2.09. The summed E-state index contributed by atoms with van der Waals surface area (Å²) in [6.07, 6.45) is 1.33. The highest BCUT2D eigenvalue weighted by molar-refractivity contribution is 9.10. The maximum atomic E-state index is 11.9. The molecule has 0 unspecified atom stereocenters. The molecule has 0 aliphatic rings. The molecule has 0 spiro atoms. The minimum Gasteiger partial charge on any atom is -0.477 e. The molecule has 1 amide bonds. The van der Waals surface area contributed by atoms with E-state index in [1.54, 1.807) is 24.3 Å². The molecule has 2 aromatic rings. The summed E-state index contributed by atoms with van der Waals surface area (Å²) in [7, 11) is 0. The molecule has 96 valence electrons. The van der Waals surface area contributed by atoms with Crippen molar-refractivity contribution in [2.45, 2.75) is 0 Å². The van der Waals surface area contributed by atoms with E-state index in [0.29, 0.717) is 11.3 Å². The lowest BCUT2D eigenvalue weighted by atomic mass is 10.2. The van der Waals surface area contributed by atoms with E-state index in [-0.39, 0.29) is 11.6 Å². The first-order chi connectivity index (χ1) is 9.06. The highest BCUT2D eigenvalue weighted by atomic mass is 79.9. The Balaban J connectivity index is 2.17. The Labute approximate surface area is 117 Å². The van der Waals surface area contributed by atoms with Crippen molar-refractivity contribution < 1.29 is 14.7 Å². The van der Waals surface area contributed by atoms with Crippen LogP contribution in [-0.2, 0) is 0 Å². The van der Waals surface area contributed by atoms with Gasteiger partial charge in [0.25, 0.3) is 5.91 Å². The standard InChI is InChI=1S/C13H9BrN2O3/c14-9-3-1-8(2-4-9)12(17)16-10-5-6-15-11(7-10)13(18)19/h1-7H,(H,18,19)(H,15,16,17). The minimum atomic E-state index is -1.14. The zero-order valence-corrected chi connectivity index (χ0v) is 11.2. The average Bonchev–Trinajstić information content (AvgIpc) is 2.39. The highest BCUT2D eigenvalue weighted by Crippen LogP contribution is 2.13. The van der Waals surface area contributed by atoms with Gasteiger partial charge in [0.05, 0.1) is 0 Å². The van der Waals surface area contributed by atoms with Crippen LogP contribution in [-0.4, -0.2) is 22.0 Å². The van der Waals surface area contributed by atoms with Gasteiger partial charge < -0.3 is 10.4 Å². The summed E-state index contributed by atoms with van der Waals surface area (Å²) in [4.78, 5) is 26.4. The first kappa shape index (κ1) is 13.2. The molecular weight excluding hydrogens is 312 g/mol. The molecule has 0 saturated heterocycles. The van der Waals surface area contributed by atoms with Crippen molar-refractivity contribution in [3.8, 4) is 0 Å². The third-order valence-electron chi connectivity index (χ3n) is 2.34. The van der Waals surface area contributed by atoms with Crippen molar-refractivity contribution in [2.75, 3.05) is 5.32 Å². The topological polar surface area (TPSA) is 79.3 Å². The number of rotatable bonds is 3. The SMILES string of the molecule is O=C(Nc1ccnc(C(=O)O)c1)c1ccc(Br)cc1. The monoisotopic (exact) mass is 320 g/mol. The maximum absolute atomic E-state index is 11.9. The number of aromatic carboxylic acids is 1. The van der Waals surface area contributed by atoms with Crippen LogP contribution in [0.2, 0.25) is 0 Å². The van der Waals surface area contributed by atoms with Gasteiger partial charge in [0.2, 0.25) is 0 Å². The number of halogens is 1. The number of carboxylic acids is 1. The molecule has 0 aliphatic carbocycles. The van der Waals surface area contributed by atoms with Crippen molar-refractivity contribution in [3.63, 3.8) is 0 Å². The van der Waals surface area contributed by atoms with Gasteiger partial charge in [-0.2, -0.15) is 0 Å². The molecule has 2 N–H and O–H groups in total. The number of carbonyl (C=O) groups is 2. The average molecular weight is 321 g/mol. The largest absolute Gasteiger partial charge is 0.477 e. The van der Waals surface area contributed by atoms with Crippen LogP contribution < -0.4 is 5.32 Å². The van der Waals surface area contributed by atoms with Crippen LogP contribution in [0.1, 0.15) is 20.8 Å². The third-order valence-corrected chi connectivity index (χ3v) is 2.87. The van der Waals surface area contributed by atoms with Gasteiger partial charge in [-0.3, -0.25) is 4.79 Å². The number of hydrogen-bond donors (Lipinski definition) is 2. The molecule has 0 aliphatic heterocycles. The quantitative estimate of drug-likeness (QED) is 0.911. The lowest BCUT2D eigenvalue weighted by Gasteiger charge is -2.05. The molecule has 19 heavy (non-hydrogen) atoms. The number of benzene rings is 1. The second-order valence-corrected chi connectivity index (χ2v) is 4.61. The van der Waals surface area contributed by atoms with Gasteiger partial charge in [0.1, 0.15) is 5.69 Å². The van der Waals surface area contributed by atoms with Crippen molar-refractivity contribution >= 4 is 33.5 Å². The number of nitrogens with zero attached hydrogens (tertiary/aromatic N) is 1. The van der Waals surface area contributed by atoms with Gasteiger partial charge in [-0.25, -0.2) is 9.78 Å². The molecule has 0 bridgehead atoms. The van der Waals surface area contributed by atoms with Gasteiger partial charge in [0.15, 0.2) is 0 Å². The van der Waals surface area contributed by atoms with E-state index < -0.39 is 5.97 Å². The summed E-state index contributed by atoms with van der Waals surface area (Å²) in [5, 5.41) is 11.4. The molecule has 1 aromatic heterocycles. The number of amides is 1. The second-order valence-electron chi connectivity index (χ2n) is 3.70. The summed E-state index contributed by atoms with van der Waals surface area (Å²) >= 11 is 3.28. The number of hydrogen-bond acceptors (Lipinski definition) is 3. The first-order valence-corrected chi connectivity index (χ1v) is 6.12. The van der Waals surface area contributed by atoms with E-state index in [4.69, 9.17) is 5.11 Å². The lowest BCUT2D eigenvalue weighted by Crippen LogP contribution is -2.12. The summed E-state index contributed by atoms with van der Waals surface area (Å²) in [5.41, 5.74) is 0.755. The summed E-state index contributed by atoms with van der Waals surface area (Å²) in [5.74, 6) is -1.45. The van der Waals surface area contributed by atoms with E-state index in [1.807, 2.05) is 0 Å². The molecule has 5 nitrogen and oxygen atoms in total. The predicted molar refractivity (Wildman–Crippen MR) is 73.3 cm³/mol. The molecular formula is C13H9BrN2O3. The Kier molecular flexibility index (Phi) is 3.91. The van der Waals surface area contributed by atoms with Crippen LogP contribution >= 0.6 is 15.9 Å². The van der Waals surface area contributed by atoms with Crippen LogP contribution in [0.15, 0.2) is 47.1 Å². The molecule has 0 radical (unpaired) electrons. The summed E-state index contributed by atoms with van der Waals surface area (Å²) in [6.45, 7) is 0. The molecule has 1 heterocycles. The van der Waals surface area contributed by atoms with E-state index in [0.717, 1.165) is 4.47 Å². The van der Waals surface area contributed by atoms with Crippen LogP contribution in [0.3, 0.4) is 0 Å². The van der Waals surface area contributed by atoms with E-state index in [9.17, 15) is 9.59 Å². The molecule has 2 rings (SSSR count). The van der Waals surface area contributed by atoms with Crippen LogP contribution in [0.25, 0.3) is 0 Å². The number of nitrogens with one attached hydrogen (secondary N) is 1. The Morgan fingerprint density at radius 3 is 2.47 bits per heavy atom. The Morgan fingerprint density at radius 2 is 1.84 bits per heavy atom. The number of carboxylic acid groups (broad SMARTS) is 1. The summed E-state index contributed by atoms with van der Waals surface area (Å²) in [6, 6.07) is 9.67. The van der Waals surface area contributed by atoms with E-state index >= 15 is 0 Å². The molecule has 0 fully saturated rings. The van der Waals surface area contributed by atoms with E-state index in [2.05, 4.69) is 26.2 Å². The van der Waals surface area contributed by atoms with Crippen molar-refractivity contribution in [1.82, 2.24) is 4.98 Å². The Bertz CT molecular complexity index is 626. The number of anilines is 1. The van der Waals surface area contributed by atoms with Crippen molar-refractivity contribution in [2.24, 2.45) is 0 Å². The summed E-state index contributed by atoms with van der Waals surface area (Å²) < 4.78 is 0.876. The molecule has 0 saturated carbocycles. The zero-order valence-electron chi connectivity index (χ0n) is 9.63. The van der Waals surface area contributed by atoms with Crippen molar-refractivity contribution in [1.29, 1.82) is 0 Å². The van der Waals surface area contributed by atoms with Gasteiger partial charge >= 0.3 is 5.97 Å². The second kappa shape index (κ2) is 5.62. The van der Waals surface area contributed by atoms with Gasteiger partial charge in [-0.05, 0) is 36.4 Å². The Hall–Kier alpha value is -2.21. The van der Waals surface area contributed by atoms with Gasteiger partial charge in [-0.1, -0.05) is 15.9 Å². The van der Waals surface area contributed by atoms with Gasteiger partial charge in [0, 0.05) is 21.9 Å². The fourth-order valence-corrected chi connectivity index (χ4v) is 1.69. The maximum Gasteiger partial charge on any atom is 0.354 e. The molecule has 0 atom stereocenters. The molecule has 1 aromatic carbocycles. The van der Waals surface area contributed by atoms with Crippen LogP contribution in [0.4, 0.5) is 5.69 Å². The van der Waals surface area contributed by atoms with E-state index in [1.165, 1.54) is 18.3 Å². The fourth-order valence-electron chi connectivity index (χ4n) is 1.43. The normalized spacial score (nSPS) is 9.95. The molecule has 6 heteroatoms. The predicted octanol–water partition coefficient (Wildman–Crippen LogP) is 2.79. The van der Waals surface area contributed by atoms with Gasteiger partial charge in [-0.15, -0.1) is 0 Å². The first-order valence-electron chi connectivity index (χ1n) is 5.32. The fraction of sp³-hybridized carbons (Fsp3) is 0.